The molecule has 108 valence electrons. The molecule has 1 saturated heterocycles. The molecule has 0 aromatic heterocycles. The topological polar surface area (TPSA) is 50.4 Å². The van der Waals surface area contributed by atoms with Crippen LogP contribution in [0.1, 0.15) is 37.3 Å². The first-order valence-corrected chi connectivity index (χ1v) is 7.42. The predicted molar refractivity (Wildman–Crippen MR) is 87.9 cm³/mol. The van der Waals surface area contributed by atoms with E-state index < -0.39 is 0 Å². The zero-order chi connectivity index (χ0) is 14.4. The zero-order valence-corrected chi connectivity index (χ0v) is 12.5. The van der Waals surface area contributed by atoms with Gasteiger partial charge in [0.1, 0.15) is 0 Å². The third-order valence-corrected chi connectivity index (χ3v) is 3.90. The standard InChI is InChI=1S/C17H25N3/c1-13-11-15(3-4-17(13)18)7-10-20-14(2)12-16-5-8-19-9-6-16/h3-4,7,10-11,16,19H,5-6,8-9,12,18H2,1-2H3/b10-7+,20-14?. The van der Waals surface area contributed by atoms with Gasteiger partial charge in [0.15, 0.2) is 0 Å². The van der Waals surface area contributed by atoms with E-state index in [9.17, 15) is 0 Å². The van der Waals surface area contributed by atoms with Crippen molar-refractivity contribution in [1.29, 1.82) is 0 Å². The summed E-state index contributed by atoms with van der Waals surface area (Å²) in [5.41, 5.74) is 10.1. The van der Waals surface area contributed by atoms with Crippen LogP contribution < -0.4 is 11.1 Å². The van der Waals surface area contributed by atoms with Gasteiger partial charge < -0.3 is 11.1 Å². The highest BCUT2D eigenvalue weighted by Gasteiger charge is 2.13. The molecule has 0 atom stereocenters. The summed E-state index contributed by atoms with van der Waals surface area (Å²) < 4.78 is 0. The van der Waals surface area contributed by atoms with Gasteiger partial charge in [-0.05, 0) is 81.5 Å². The molecule has 1 aliphatic heterocycles. The fourth-order valence-electron chi connectivity index (χ4n) is 2.61. The van der Waals surface area contributed by atoms with Crippen LogP contribution in [0.15, 0.2) is 29.4 Å². The monoisotopic (exact) mass is 271 g/mol. The SMILES string of the molecule is CC(CC1CCNCC1)=N/C=C/c1ccc(N)c(C)c1. The van der Waals surface area contributed by atoms with E-state index in [1.165, 1.54) is 18.6 Å². The van der Waals surface area contributed by atoms with Crippen molar-refractivity contribution in [3.63, 3.8) is 0 Å². The Bertz CT molecular complexity index is 497. The number of nitrogens with one attached hydrogen (secondary N) is 1. The van der Waals surface area contributed by atoms with E-state index >= 15 is 0 Å². The van der Waals surface area contributed by atoms with Crippen molar-refractivity contribution in [1.82, 2.24) is 5.32 Å². The van der Waals surface area contributed by atoms with Crippen LogP contribution in [0.4, 0.5) is 5.69 Å². The maximum Gasteiger partial charge on any atom is 0.0344 e. The number of aliphatic imine (C=N–C) groups is 1. The lowest BCUT2D eigenvalue weighted by Gasteiger charge is -2.22. The number of piperidine rings is 1. The van der Waals surface area contributed by atoms with E-state index in [1.807, 2.05) is 31.3 Å². The lowest BCUT2D eigenvalue weighted by atomic mass is 9.93. The van der Waals surface area contributed by atoms with Crippen LogP contribution >= 0.6 is 0 Å². The van der Waals surface area contributed by atoms with Gasteiger partial charge in [-0.1, -0.05) is 6.07 Å². The smallest absolute Gasteiger partial charge is 0.0344 e. The number of rotatable bonds is 4. The third kappa shape index (κ3) is 4.49. The van der Waals surface area contributed by atoms with Gasteiger partial charge in [0.25, 0.3) is 0 Å². The quantitative estimate of drug-likeness (QED) is 0.651. The van der Waals surface area contributed by atoms with E-state index in [4.69, 9.17) is 5.73 Å². The first-order valence-electron chi connectivity index (χ1n) is 7.42. The molecular weight excluding hydrogens is 246 g/mol. The summed E-state index contributed by atoms with van der Waals surface area (Å²) in [5, 5.41) is 3.40. The fourth-order valence-corrected chi connectivity index (χ4v) is 2.61. The van der Waals surface area contributed by atoms with Crippen LogP contribution in [0.2, 0.25) is 0 Å². The van der Waals surface area contributed by atoms with Crippen LogP contribution in [-0.4, -0.2) is 18.8 Å². The van der Waals surface area contributed by atoms with Gasteiger partial charge in [-0.3, -0.25) is 4.99 Å². The van der Waals surface area contributed by atoms with E-state index in [2.05, 4.69) is 23.3 Å². The number of hydrogen-bond donors (Lipinski definition) is 2. The van der Waals surface area contributed by atoms with Crippen LogP contribution in [0.5, 0.6) is 0 Å². The average molecular weight is 271 g/mol. The molecule has 1 aromatic rings. The molecule has 1 aromatic carbocycles. The molecule has 0 aliphatic carbocycles. The number of nitrogen functional groups attached to an aromatic ring is 1. The van der Waals surface area contributed by atoms with E-state index in [-0.39, 0.29) is 0 Å². The van der Waals surface area contributed by atoms with Gasteiger partial charge in [0.05, 0.1) is 0 Å². The van der Waals surface area contributed by atoms with Crippen molar-refractivity contribution in [3.05, 3.63) is 35.5 Å². The first kappa shape index (κ1) is 14.8. The second-order valence-electron chi connectivity index (χ2n) is 5.69. The number of hydrogen-bond acceptors (Lipinski definition) is 3. The Kier molecular flexibility index (Phi) is 5.36. The molecule has 0 bridgehead atoms. The summed E-state index contributed by atoms with van der Waals surface area (Å²) in [6, 6.07) is 6.06. The Morgan fingerprint density at radius 3 is 2.85 bits per heavy atom. The maximum absolute atomic E-state index is 5.81. The molecule has 2 rings (SSSR count). The Balaban J connectivity index is 1.89. The molecule has 0 saturated carbocycles. The molecule has 3 nitrogen and oxygen atoms in total. The van der Waals surface area contributed by atoms with Crippen LogP contribution in [0.3, 0.4) is 0 Å². The highest BCUT2D eigenvalue weighted by atomic mass is 14.9. The van der Waals surface area contributed by atoms with E-state index in [1.54, 1.807) is 0 Å². The Morgan fingerprint density at radius 1 is 1.40 bits per heavy atom. The van der Waals surface area contributed by atoms with Crippen LogP contribution in [0, 0.1) is 12.8 Å². The number of nitrogens with two attached hydrogens (primary N) is 1. The van der Waals surface area contributed by atoms with Crippen molar-refractivity contribution in [2.24, 2.45) is 10.9 Å². The molecule has 1 heterocycles. The van der Waals surface area contributed by atoms with Gasteiger partial charge in [-0.25, -0.2) is 0 Å². The van der Waals surface area contributed by atoms with Crippen molar-refractivity contribution in [2.45, 2.75) is 33.1 Å². The van der Waals surface area contributed by atoms with Crippen molar-refractivity contribution in [3.8, 4) is 0 Å². The summed E-state index contributed by atoms with van der Waals surface area (Å²) in [5.74, 6) is 0.798. The van der Waals surface area contributed by atoms with Crippen molar-refractivity contribution >= 4 is 17.5 Å². The molecule has 1 aliphatic rings. The van der Waals surface area contributed by atoms with Gasteiger partial charge in [0, 0.05) is 17.6 Å². The fraction of sp³-hybridized carbons (Fsp3) is 0.471. The van der Waals surface area contributed by atoms with Crippen molar-refractivity contribution in [2.75, 3.05) is 18.8 Å². The molecule has 0 unspecified atom stereocenters. The largest absolute Gasteiger partial charge is 0.399 e. The number of benzene rings is 1. The molecule has 3 N–H and O–H groups in total. The Morgan fingerprint density at radius 2 is 2.15 bits per heavy atom. The van der Waals surface area contributed by atoms with Crippen molar-refractivity contribution < 1.29 is 0 Å². The molecular formula is C17H25N3. The molecule has 20 heavy (non-hydrogen) atoms. The van der Waals surface area contributed by atoms with Gasteiger partial charge in [-0.2, -0.15) is 0 Å². The lowest BCUT2D eigenvalue weighted by Crippen LogP contribution is -2.28. The minimum Gasteiger partial charge on any atom is -0.399 e. The average Bonchev–Trinajstić information content (AvgIpc) is 2.44. The molecule has 3 heteroatoms. The predicted octanol–water partition coefficient (Wildman–Crippen LogP) is 3.40. The Labute approximate surface area is 122 Å². The van der Waals surface area contributed by atoms with E-state index in [0.29, 0.717) is 0 Å². The number of nitrogens with zero attached hydrogens (tertiary/aromatic N) is 1. The Hall–Kier alpha value is -1.61. The summed E-state index contributed by atoms with van der Waals surface area (Å²) in [6.45, 7) is 6.45. The minimum absolute atomic E-state index is 0.798. The maximum atomic E-state index is 5.81. The number of anilines is 1. The first-order chi connectivity index (χ1) is 9.65. The molecule has 0 amide bonds. The summed E-state index contributed by atoms with van der Waals surface area (Å²) in [7, 11) is 0. The summed E-state index contributed by atoms with van der Waals surface area (Å²) in [6.07, 6.45) is 7.61. The molecule has 0 spiro atoms. The lowest BCUT2D eigenvalue weighted by molar-refractivity contribution is 0.384. The highest BCUT2D eigenvalue weighted by molar-refractivity contribution is 5.83. The van der Waals surface area contributed by atoms with Gasteiger partial charge in [0.2, 0.25) is 0 Å². The van der Waals surface area contributed by atoms with Crippen LogP contribution in [-0.2, 0) is 0 Å². The van der Waals surface area contributed by atoms with Gasteiger partial charge >= 0.3 is 0 Å². The minimum atomic E-state index is 0.798. The second-order valence-corrected chi connectivity index (χ2v) is 5.69. The molecule has 0 radical (unpaired) electrons. The molecule has 1 fully saturated rings. The number of aryl methyl sites for hydroxylation is 1. The second kappa shape index (κ2) is 7.25. The third-order valence-electron chi connectivity index (χ3n) is 3.90. The zero-order valence-electron chi connectivity index (χ0n) is 12.5. The van der Waals surface area contributed by atoms with Crippen LogP contribution in [0.25, 0.3) is 6.08 Å². The normalized spacial score (nSPS) is 17.8. The highest BCUT2D eigenvalue weighted by Crippen LogP contribution is 2.17. The summed E-state index contributed by atoms with van der Waals surface area (Å²) >= 11 is 0. The van der Waals surface area contributed by atoms with E-state index in [0.717, 1.165) is 42.2 Å². The van der Waals surface area contributed by atoms with Gasteiger partial charge in [-0.15, -0.1) is 0 Å². The summed E-state index contributed by atoms with van der Waals surface area (Å²) in [4.78, 5) is 4.55.